The molecule has 3 heterocycles. The minimum atomic E-state index is -3.68. The molecule has 0 aliphatic carbocycles. The highest BCUT2D eigenvalue weighted by Crippen LogP contribution is 2.35. The number of sulfonamides is 1. The lowest BCUT2D eigenvalue weighted by Crippen LogP contribution is -2.38. The first-order valence-corrected chi connectivity index (χ1v) is 16.2. The smallest absolute Gasteiger partial charge is 0.270 e. The number of tetrazole rings is 1. The number of ether oxygens (including phenoxy) is 1. The first-order valence-electron chi connectivity index (χ1n) is 14.0. The second-order valence-corrected chi connectivity index (χ2v) is 13.3. The number of nitrogens with zero attached hydrogens (tertiary/aromatic N) is 6. The van der Waals surface area contributed by atoms with Gasteiger partial charge < -0.3 is 4.74 Å². The van der Waals surface area contributed by atoms with Crippen molar-refractivity contribution in [3.8, 4) is 17.0 Å². The minimum Gasteiger partial charge on any atom is -0.497 e. The number of H-pyrrole nitrogens is 1. The van der Waals surface area contributed by atoms with Crippen LogP contribution in [0.2, 0.25) is 10.0 Å². The molecule has 0 saturated carbocycles. The maximum absolute atomic E-state index is 13.4. The molecule has 3 aromatic carbocycles. The van der Waals surface area contributed by atoms with Crippen molar-refractivity contribution in [3.05, 3.63) is 99.7 Å². The van der Waals surface area contributed by atoms with Crippen LogP contribution in [0.15, 0.2) is 77.7 Å². The number of anilines is 1. The number of benzene rings is 3. The SMILES string of the molecule is COc1cccc(S(=O)(=O)N2CCC(c3cc(-c4cc(Cl)cc(Cl)c4)nn3Cc3ccc(C(=O)Nc4nn[nH]n4)cc3)CC2)c1. The van der Waals surface area contributed by atoms with Crippen LogP contribution in [0.3, 0.4) is 0 Å². The van der Waals surface area contributed by atoms with Gasteiger partial charge in [-0.15, -0.1) is 5.10 Å². The van der Waals surface area contributed by atoms with E-state index in [0.717, 1.165) is 16.8 Å². The Labute approximate surface area is 269 Å². The molecule has 1 amide bonds. The summed E-state index contributed by atoms with van der Waals surface area (Å²) < 4.78 is 35.5. The number of nitrogens with one attached hydrogen (secondary N) is 2. The topological polar surface area (TPSA) is 148 Å². The van der Waals surface area contributed by atoms with Crippen molar-refractivity contribution in [3.63, 3.8) is 0 Å². The number of piperidine rings is 1. The van der Waals surface area contributed by atoms with Gasteiger partial charge in [-0.05, 0) is 72.1 Å². The molecule has 5 aromatic rings. The predicted octanol–water partition coefficient (Wildman–Crippen LogP) is 5.25. The molecule has 6 rings (SSSR count). The first-order chi connectivity index (χ1) is 21.7. The number of methoxy groups -OCH3 is 1. The molecule has 0 bridgehead atoms. The second kappa shape index (κ2) is 13.0. The Morgan fingerprint density at radius 2 is 1.76 bits per heavy atom. The Morgan fingerprint density at radius 1 is 1.02 bits per heavy atom. The molecule has 45 heavy (non-hydrogen) atoms. The Kier molecular flexibility index (Phi) is 8.85. The van der Waals surface area contributed by atoms with E-state index in [1.807, 2.05) is 35.0 Å². The van der Waals surface area contributed by atoms with Gasteiger partial charge in [-0.1, -0.05) is 46.5 Å². The molecule has 15 heteroatoms. The minimum absolute atomic E-state index is 0.0534. The van der Waals surface area contributed by atoms with Crippen molar-refractivity contribution in [2.24, 2.45) is 0 Å². The number of aromatic nitrogens is 6. The first kappa shape index (κ1) is 30.7. The zero-order chi connectivity index (χ0) is 31.6. The fraction of sp³-hybridized carbons (Fsp3) is 0.233. The monoisotopic (exact) mass is 666 g/mol. The second-order valence-electron chi connectivity index (χ2n) is 10.5. The molecule has 0 spiro atoms. The Balaban J connectivity index is 1.24. The highest BCUT2D eigenvalue weighted by Gasteiger charge is 2.32. The van der Waals surface area contributed by atoms with Crippen LogP contribution in [0, 0.1) is 0 Å². The summed E-state index contributed by atoms with van der Waals surface area (Å²) in [5.41, 5.74) is 3.81. The van der Waals surface area contributed by atoms with Crippen molar-refractivity contribution in [1.82, 2.24) is 34.7 Å². The van der Waals surface area contributed by atoms with Crippen LogP contribution in [0.4, 0.5) is 5.95 Å². The molecule has 0 unspecified atom stereocenters. The quantitative estimate of drug-likeness (QED) is 0.217. The predicted molar refractivity (Wildman–Crippen MR) is 169 cm³/mol. The number of carbonyl (C=O) groups excluding carboxylic acids is 1. The third kappa shape index (κ3) is 6.86. The fourth-order valence-electron chi connectivity index (χ4n) is 5.35. The van der Waals surface area contributed by atoms with E-state index in [-0.39, 0.29) is 22.7 Å². The third-order valence-corrected chi connectivity index (χ3v) is 9.97. The molecule has 1 saturated heterocycles. The highest BCUT2D eigenvalue weighted by atomic mass is 35.5. The zero-order valence-electron chi connectivity index (χ0n) is 24.0. The summed E-state index contributed by atoms with van der Waals surface area (Å²) in [6.45, 7) is 1.15. The van der Waals surface area contributed by atoms with Gasteiger partial charge >= 0.3 is 0 Å². The summed E-state index contributed by atoms with van der Waals surface area (Å²) in [4.78, 5) is 12.8. The van der Waals surface area contributed by atoms with Crippen molar-refractivity contribution in [1.29, 1.82) is 0 Å². The normalized spacial score (nSPS) is 14.4. The molecule has 0 atom stereocenters. The van der Waals surface area contributed by atoms with E-state index in [2.05, 4.69) is 25.9 Å². The lowest BCUT2D eigenvalue weighted by Gasteiger charge is -2.31. The van der Waals surface area contributed by atoms with Crippen molar-refractivity contribution in [2.75, 3.05) is 25.5 Å². The number of rotatable bonds is 9. The highest BCUT2D eigenvalue weighted by molar-refractivity contribution is 7.89. The molecular weight excluding hydrogens is 639 g/mol. The Morgan fingerprint density at radius 3 is 2.42 bits per heavy atom. The molecule has 2 N–H and O–H groups in total. The number of halogens is 2. The van der Waals surface area contributed by atoms with E-state index < -0.39 is 10.0 Å². The number of hydrogen-bond donors (Lipinski definition) is 2. The van der Waals surface area contributed by atoms with E-state index in [9.17, 15) is 13.2 Å². The third-order valence-electron chi connectivity index (χ3n) is 7.64. The summed E-state index contributed by atoms with van der Waals surface area (Å²) in [6, 6.07) is 21.0. The van der Waals surface area contributed by atoms with Gasteiger partial charge in [0.05, 0.1) is 24.2 Å². The van der Waals surface area contributed by atoms with E-state index in [1.54, 1.807) is 42.5 Å². The largest absolute Gasteiger partial charge is 0.497 e. The van der Waals surface area contributed by atoms with Gasteiger partial charge in [0, 0.05) is 51.9 Å². The maximum Gasteiger partial charge on any atom is 0.270 e. The van der Waals surface area contributed by atoms with Gasteiger partial charge in [-0.25, -0.2) is 8.42 Å². The molecule has 1 aliphatic heterocycles. The van der Waals surface area contributed by atoms with Gasteiger partial charge in [0.2, 0.25) is 10.0 Å². The van der Waals surface area contributed by atoms with Gasteiger partial charge in [-0.2, -0.15) is 14.6 Å². The summed E-state index contributed by atoms with van der Waals surface area (Å²) in [5, 5.41) is 21.7. The lowest BCUT2D eigenvalue weighted by molar-refractivity contribution is 0.102. The van der Waals surface area contributed by atoms with Gasteiger partial charge in [0.25, 0.3) is 11.9 Å². The molecular formula is C30H28Cl2N8O4S. The standard InChI is InChI=1S/C30H28Cl2N8O4S/c1-44-25-3-2-4-26(16-25)45(42,43)39-11-9-20(10-12-39)28-17-27(22-13-23(31)15-24(32)14-22)36-40(28)18-19-5-7-21(8-6-19)29(41)33-30-34-37-38-35-30/h2-8,13-17,20H,9-12,18H2,1H3,(H2,33,34,35,37,38,41). The summed E-state index contributed by atoms with van der Waals surface area (Å²) in [6.07, 6.45) is 1.22. The average Bonchev–Trinajstić information content (AvgIpc) is 3.71. The van der Waals surface area contributed by atoms with Crippen LogP contribution in [-0.2, 0) is 16.6 Å². The maximum atomic E-state index is 13.4. The number of hydrogen-bond acceptors (Lipinski definition) is 8. The Bertz CT molecular complexity index is 1900. The molecule has 12 nitrogen and oxygen atoms in total. The summed E-state index contributed by atoms with van der Waals surface area (Å²) in [7, 11) is -2.17. The molecule has 2 aromatic heterocycles. The number of amides is 1. The molecule has 0 radical (unpaired) electrons. The average molecular weight is 668 g/mol. The van der Waals surface area contributed by atoms with E-state index in [0.29, 0.717) is 59.5 Å². The number of carbonyl (C=O) groups is 1. The van der Waals surface area contributed by atoms with Crippen molar-refractivity contribution >= 4 is 45.1 Å². The fourth-order valence-corrected chi connectivity index (χ4v) is 7.39. The molecule has 1 fully saturated rings. The van der Waals surface area contributed by atoms with Gasteiger partial charge in [0.15, 0.2) is 0 Å². The molecule has 1 aliphatic rings. The van der Waals surface area contributed by atoms with Crippen molar-refractivity contribution in [2.45, 2.75) is 30.2 Å². The van der Waals surface area contributed by atoms with E-state index in [4.69, 9.17) is 33.0 Å². The van der Waals surface area contributed by atoms with Crippen molar-refractivity contribution < 1.29 is 17.9 Å². The Hall–Kier alpha value is -4.30. The van der Waals surface area contributed by atoms with Crippen LogP contribution in [0.25, 0.3) is 11.3 Å². The van der Waals surface area contributed by atoms with Crippen LogP contribution < -0.4 is 10.1 Å². The van der Waals surface area contributed by atoms with Crippen LogP contribution in [-0.4, -0.2) is 69.2 Å². The lowest BCUT2D eigenvalue weighted by atomic mass is 9.93. The van der Waals surface area contributed by atoms with Crippen LogP contribution in [0.1, 0.15) is 40.4 Å². The summed E-state index contributed by atoms with van der Waals surface area (Å²) >= 11 is 12.6. The summed E-state index contributed by atoms with van der Waals surface area (Å²) in [5.74, 6) is 0.265. The van der Waals surface area contributed by atoms with E-state index >= 15 is 0 Å². The van der Waals surface area contributed by atoms with Gasteiger partial charge in [0.1, 0.15) is 5.75 Å². The number of aromatic amines is 1. The van der Waals surface area contributed by atoms with E-state index in [1.165, 1.54) is 11.4 Å². The van der Waals surface area contributed by atoms with Crippen LogP contribution >= 0.6 is 23.2 Å². The molecule has 232 valence electrons. The zero-order valence-corrected chi connectivity index (χ0v) is 26.3. The van der Waals surface area contributed by atoms with Gasteiger partial charge in [-0.3, -0.25) is 14.8 Å². The van der Waals surface area contributed by atoms with Crippen LogP contribution in [0.5, 0.6) is 5.75 Å².